The number of rotatable bonds is 6. The summed E-state index contributed by atoms with van der Waals surface area (Å²) in [6, 6.07) is 10.7. The van der Waals surface area contributed by atoms with Gasteiger partial charge in [-0.25, -0.2) is 8.42 Å². The first kappa shape index (κ1) is 16.2. The summed E-state index contributed by atoms with van der Waals surface area (Å²) in [6.45, 7) is 2.63. The van der Waals surface area contributed by atoms with Crippen molar-refractivity contribution in [3.8, 4) is 0 Å². The molecule has 0 aliphatic heterocycles. The van der Waals surface area contributed by atoms with Crippen molar-refractivity contribution in [3.05, 3.63) is 52.2 Å². The highest BCUT2D eigenvalue weighted by atomic mass is 32.2. The molecule has 1 aromatic heterocycles. The Balaban J connectivity index is 2.24. The van der Waals surface area contributed by atoms with Crippen LogP contribution in [0.1, 0.15) is 23.4 Å². The van der Waals surface area contributed by atoms with Gasteiger partial charge < -0.3 is 5.32 Å². The van der Waals surface area contributed by atoms with Crippen LogP contribution < -0.4 is 5.32 Å². The predicted octanol–water partition coefficient (Wildman–Crippen LogP) is 2.85. The Morgan fingerprint density at radius 2 is 1.90 bits per heavy atom. The number of nitrogens with zero attached hydrogens (tertiary/aromatic N) is 1. The lowest BCUT2D eigenvalue weighted by molar-refractivity contribution is 0.403. The summed E-state index contributed by atoms with van der Waals surface area (Å²) >= 11 is 1.57. The maximum Gasteiger partial charge on any atom is 0.243 e. The third-order valence-electron chi connectivity index (χ3n) is 3.48. The van der Waals surface area contributed by atoms with Gasteiger partial charge in [0.15, 0.2) is 0 Å². The Hall–Kier alpha value is -1.21. The van der Waals surface area contributed by atoms with Crippen molar-refractivity contribution >= 4 is 21.4 Å². The largest absolute Gasteiger partial charge is 0.316 e. The second-order valence-electron chi connectivity index (χ2n) is 4.89. The zero-order valence-electron chi connectivity index (χ0n) is 12.4. The first-order valence-corrected chi connectivity index (χ1v) is 9.03. The fourth-order valence-corrected chi connectivity index (χ4v) is 4.30. The highest BCUT2D eigenvalue weighted by molar-refractivity contribution is 7.89. The van der Waals surface area contributed by atoms with Gasteiger partial charge in [-0.15, -0.1) is 11.3 Å². The number of sulfonamides is 1. The molecule has 2 rings (SSSR count). The Bertz CT molecular complexity index is 664. The molecule has 0 aliphatic rings. The number of thiophene rings is 1. The van der Waals surface area contributed by atoms with Crippen LogP contribution >= 0.6 is 11.3 Å². The maximum absolute atomic E-state index is 12.7. The lowest BCUT2D eigenvalue weighted by Crippen LogP contribution is -2.29. The summed E-state index contributed by atoms with van der Waals surface area (Å²) in [5.74, 6) is 0. The van der Waals surface area contributed by atoms with Crippen LogP contribution in [0.2, 0.25) is 0 Å². The molecule has 1 heterocycles. The average molecular weight is 324 g/mol. The first-order chi connectivity index (χ1) is 9.96. The molecule has 0 fully saturated rings. The molecular weight excluding hydrogens is 304 g/mol. The number of hydrogen-bond donors (Lipinski definition) is 1. The summed E-state index contributed by atoms with van der Waals surface area (Å²) < 4.78 is 26.7. The van der Waals surface area contributed by atoms with E-state index >= 15 is 0 Å². The molecule has 21 heavy (non-hydrogen) atoms. The van der Waals surface area contributed by atoms with E-state index in [0.29, 0.717) is 4.90 Å². The van der Waals surface area contributed by atoms with Gasteiger partial charge >= 0.3 is 0 Å². The minimum absolute atomic E-state index is 0.174. The fraction of sp³-hybridized carbons (Fsp3) is 0.333. The number of benzene rings is 1. The molecule has 1 aromatic carbocycles. The smallest absolute Gasteiger partial charge is 0.243 e. The van der Waals surface area contributed by atoms with E-state index in [2.05, 4.69) is 5.32 Å². The summed E-state index contributed by atoms with van der Waals surface area (Å²) in [5.41, 5.74) is 1.06. The molecule has 1 atom stereocenters. The van der Waals surface area contributed by atoms with E-state index in [9.17, 15) is 8.42 Å². The summed E-state index contributed by atoms with van der Waals surface area (Å²) in [6.07, 6.45) is 0. The molecule has 0 saturated carbocycles. The standard InChI is InChI=1S/C15H20N2O2S2/c1-12(15-5-4-10-20-15)17(3)21(18,19)14-8-6-13(7-9-14)11-16-2/h4-10,12,16H,11H2,1-3H3. The van der Waals surface area contributed by atoms with E-state index in [1.807, 2.05) is 43.6 Å². The third-order valence-corrected chi connectivity index (χ3v) is 6.47. The molecule has 4 nitrogen and oxygen atoms in total. The van der Waals surface area contributed by atoms with Crippen molar-refractivity contribution in [1.82, 2.24) is 9.62 Å². The van der Waals surface area contributed by atoms with Crippen LogP contribution in [0.4, 0.5) is 0 Å². The quantitative estimate of drug-likeness (QED) is 0.889. The van der Waals surface area contributed by atoms with Gasteiger partial charge in [0.1, 0.15) is 0 Å². The second-order valence-corrected chi connectivity index (χ2v) is 7.86. The minimum Gasteiger partial charge on any atom is -0.316 e. The molecule has 1 N–H and O–H groups in total. The molecule has 6 heteroatoms. The van der Waals surface area contributed by atoms with Crippen LogP contribution in [0.3, 0.4) is 0 Å². The lowest BCUT2D eigenvalue weighted by Gasteiger charge is -2.23. The van der Waals surface area contributed by atoms with Gasteiger partial charge in [0.25, 0.3) is 0 Å². The second kappa shape index (κ2) is 6.70. The normalized spacial score (nSPS) is 13.5. The SMILES string of the molecule is CNCc1ccc(S(=O)(=O)N(C)C(C)c2cccs2)cc1. The summed E-state index contributed by atoms with van der Waals surface area (Å²) in [4.78, 5) is 1.36. The van der Waals surface area contributed by atoms with E-state index in [-0.39, 0.29) is 6.04 Å². The van der Waals surface area contributed by atoms with E-state index in [1.165, 1.54) is 4.31 Å². The van der Waals surface area contributed by atoms with Gasteiger partial charge in [-0.3, -0.25) is 0 Å². The number of hydrogen-bond acceptors (Lipinski definition) is 4. The molecular formula is C15H20N2O2S2. The van der Waals surface area contributed by atoms with Crippen LogP contribution in [0.25, 0.3) is 0 Å². The Morgan fingerprint density at radius 3 is 2.43 bits per heavy atom. The average Bonchev–Trinajstić information content (AvgIpc) is 3.01. The van der Waals surface area contributed by atoms with E-state index < -0.39 is 10.0 Å². The van der Waals surface area contributed by atoms with E-state index in [1.54, 1.807) is 30.5 Å². The van der Waals surface area contributed by atoms with Gasteiger partial charge in [-0.1, -0.05) is 18.2 Å². The van der Waals surface area contributed by atoms with Crippen molar-refractivity contribution in [2.24, 2.45) is 0 Å². The fourth-order valence-electron chi connectivity index (χ4n) is 2.07. The van der Waals surface area contributed by atoms with Gasteiger partial charge in [-0.05, 0) is 43.1 Å². The van der Waals surface area contributed by atoms with Crippen LogP contribution in [-0.2, 0) is 16.6 Å². The molecule has 0 saturated heterocycles. The van der Waals surface area contributed by atoms with Gasteiger partial charge in [0.05, 0.1) is 10.9 Å². The van der Waals surface area contributed by atoms with Crippen LogP contribution in [0.15, 0.2) is 46.7 Å². The molecule has 114 valence electrons. The predicted molar refractivity (Wildman–Crippen MR) is 86.9 cm³/mol. The van der Waals surface area contributed by atoms with Crippen molar-refractivity contribution in [2.75, 3.05) is 14.1 Å². The van der Waals surface area contributed by atoms with Crippen molar-refractivity contribution in [1.29, 1.82) is 0 Å². The minimum atomic E-state index is -3.48. The van der Waals surface area contributed by atoms with Gasteiger partial charge in [0, 0.05) is 18.5 Å². The summed E-state index contributed by atoms with van der Waals surface area (Å²) in [5, 5.41) is 5.00. The third kappa shape index (κ3) is 3.52. The van der Waals surface area contributed by atoms with E-state index in [4.69, 9.17) is 0 Å². The zero-order chi connectivity index (χ0) is 15.5. The number of nitrogens with one attached hydrogen (secondary N) is 1. The highest BCUT2D eigenvalue weighted by Gasteiger charge is 2.26. The zero-order valence-corrected chi connectivity index (χ0v) is 14.0. The van der Waals surface area contributed by atoms with Gasteiger partial charge in [-0.2, -0.15) is 4.31 Å². The molecule has 2 aromatic rings. The summed E-state index contributed by atoms with van der Waals surface area (Å²) in [7, 11) is 0.0121. The van der Waals surface area contributed by atoms with Gasteiger partial charge in [0.2, 0.25) is 10.0 Å². The monoisotopic (exact) mass is 324 g/mol. The lowest BCUT2D eigenvalue weighted by atomic mass is 10.2. The van der Waals surface area contributed by atoms with E-state index in [0.717, 1.165) is 17.0 Å². The molecule has 0 aliphatic carbocycles. The van der Waals surface area contributed by atoms with Crippen LogP contribution in [0, 0.1) is 0 Å². The molecule has 0 radical (unpaired) electrons. The maximum atomic E-state index is 12.7. The van der Waals surface area contributed by atoms with Crippen LogP contribution in [0.5, 0.6) is 0 Å². The van der Waals surface area contributed by atoms with Crippen LogP contribution in [-0.4, -0.2) is 26.8 Å². The Kier molecular flexibility index (Phi) is 5.16. The molecule has 1 unspecified atom stereocenters. The molecule has 0 bridgehead atoms. The van der Waals surface area contributed by atoms with Crippen molar-refractivity contribution in [3.63, 3.8) is 0 Å². The molecule has 0 amide bonds. The molecule has 0 spiro atoms. The van der Waals surface area contributed by atoms with Crippen molar-refractivity contribution < 1.29 is 8.42 Å². The highest BCUT2D eigenvalue weighted by Crippen LogP contribution is 2.28. The first-order valence-electron chi connectivity index (χ1n) is 6.72. The Morgan fingerprint density at radius 1 is 1.24 bits per heavy atom. The topological polar surface area (TPSA) is 49.4 Å². The Labute approximate surface area is 130 Å². The van der Waals surface area contributed by atoms with Crippen molar-refractivity contribution in [2.45, 2.75) is 24.4 Å².